The van der Waals surface area contributed by atoms with E-state index in [0.29, 0.717) is 35.1 Å². The molecule has 0 spiro atoms. The number of quaternary nitrogens is 1. The van der Waals surface area contributed by atoms with E-state index in [2.05, 4.69) is 25.8 Å². The minimum absolute atomic E-state index is 0.0125. The molecule has 0 aromatic carbocycles. The third-order valence-electron chi connectivity index (χ3n) is 7.49. The number of aromatic nitrogens is 2. The quantitative estimate of drug-likeness (QED) is 0.0457. The van der Waals surface area contributed by atoms with Crippen LogP contribution in [0, 0.1) is 0 Å². The van der Waals surface area contributed by atoms with E-state index in [1.54, 1.807) is 20.8 Å². The zero-order chi connectivity index (χ0) is 37.2. The maximum Gasteiger partial charge on any atom is 0.353 e. The number of pyridine rings is 1. The first-order valence-electron chi connectivity index (χ1n) is 15.3. The molecule has 4 rings (SSSR count). The Balaban J connectivity index is 1.52. The zero-order valence-corrected chi connectivity index (χ0v) is 30.2. The van der Waals surface area contributed by atoms with Gasteiger partial charge >= 0.3 is 11.9 Å². The van der Waals surface area contributed by atoms with Gasteiger partial charge in [-0.1, -0.05) is 5.16 Å². The summed E-state index contributed by atoms with van der Waals surface area (Å²) < 4.78 is 5.72. The Labute approximate surface area is 295 Å². The first-order valence-corrected chi connectivity index (χ1v) is 17.2. The molecule has 50 heavy (non-hydrogen) atoms. The third-order valence-corrected chi connectivity index (χ3v) is 9.61. The molecule has 1 fully saturated rings. The molecule has 2 aliphatic rings. The predicted octanol–water partition coefficient (Wildman–Crippen LogP) is 1.00. The topological polar surface area (TPSA) is 230 Å². The summed E-state index contributed by atoms with van der Waals surface area (Å²) in [6.07, 6.45) is 2.07. The van der Waals surface area contributed by atoms with E-state index < -0.39 is 57.5 Å². The highest BCUT2D eigenvalue weighted by atomic mass is 32.2. The predicted molar refractivity (Wildman–Crippen MR) is 183 cm³/mol. The molecule has 2 aromatic rings. The molecule has 5 N–H and O–H groups in total. The lowest BCUT2D eigenvalue weighted by Gasteiger charge is -2.49. The minimum Gasteiger partial charge on any atom is -0.503 e. The number of fused-ring (bicyclic) bond motifs is 1. The number of amides is 3. The van der Waals surface area contributed by atoms with Gasteiger partial charge in [0.15, 0.2) is 16.6 Å². The summed E-state index contributed by atoms with van der Waals surface area (Å²) >= 11 is 2.29. The Bertz CT molecular complexity index is 1810. The number of aromatic amines is 1. The highest BCUT2D eigenvalue weighted by molar-refractivity contribution is 8.00. The van der Waals surface area contributed by atoms with Gasteiger partial charge in [-0.05, 0) is 34.6 Å². The number of carboxylic acid groups (broad SMARTS) is 1. The van der Waals surface area contributed by atoms with Crippen molar-refractivity contribution in [2.45, 2.75) is 63.7 Å². The van der Waals surface area contributed by atoms with Crippen molar-refractivity contribution in [1.29, 1.82) is 0 Å². The van der Waals surface area contributed by atoms with Crippen molar-refractivity contribution in [3.63, 3.8) is 0 Å². The number of hydrogen-bond donors (Lipinski definition) is 5. The fourth-order valence-corrected chi connectivity index (χ4v) is 6.98. The van der Waals surface area contributed by atoms with Gasteiger partial charge in [0.2, 0.25) is 17.4 Å². The first kappa shape index (κ1) is 38.1. The summed E-state index contributed by atoms with van der Waals surface area (Å²) in [5.74, 6) is -3.69. The molecule has 19 heteroatoms. The molecule has 2 aromatic heterocycles. The van der Waals surface area contributed by atoms with Crippen molar-refractivity contribution in [2.75, 3.05) is 38.3 Å². The van der Waals surface area contributed by atoms with Crippen molar-refractivity contribution in [2.24, 2.45) is 5.16 Å². The second kappa shape index (κ2) is 14.6. The molecule has 0 radical (unpaired) electrons. The van der Waals surface area contributed by atoms with Crippen molar-refractivity contribution >= 4 is 64.1 Å². The first-order chi connectivity index (χ1) is 23.2. The number of rotatable bonds is 14. The average Bonchev–Trinajstić information content (AvgIpc) is 3.47. The molecule has 270 valence electrons. The Morgan fingerprint density at radius 2 is 1.92 bits per heavy atom. The number of carboxylic acids is 1. The number of thiazole rings is 1. The van der Waals surface area contributed by atoms with E-state index in [0.717, 1.165) is 16.2 Å². The van der Waals surface area contributed by atoms with Gasteiger partial charge in [-0.15, -0.1) is 23.1 Å². The highest BCUT2D eigenvalue weighted by Gasteiger charge is 2.55. The molecule has 4 heterocycles. The van der Waals surface area contributed by atoms with Crippen LogP contribution in [-0.2, 0) is 40.0 Å². The SMILES string of the molecule is CC(C)(C)OC(=O)C(C)(C)O/N=C(/C(=O)N[C@@H]1C(=O)N2C(C(=O)O)=C(C[N+](C)(C)CCc3cc(=O)c(O)c[nH]3)CS[C@H]12)c1csc(NC=O)n1. The minimum atomic E-state index is -1.63. The molecule has 2 atom stereocenters. The Morgan fingerprint density at radius 3 is 2.54 bits per heavy atom. The van der Waals surface area contributed by atoms with E-state index in [1.165, 1.54) is 43.3 Å². The largest absolute Gasteiger partial charge is 0.503 e. The number of aromatic hydroxyl groups is 1. The number of β-lactam (4-membered cyclic amide) rings is 1. The van der Waals surface area contributed by atoms with Crippen LogP contribution in [0.3, 0.4) is 0 Å². The van der Waals surface area contributed by atoms with Crippen LogP contribution in [0.2, 0.25) is 0 Å². The van der Waals surface area contributed by atoms with Crippen LogP contribution in [0.15, 0.2) is 38.9 Å². The number of oxime groups is 1. The molecular formula is C31H40N7O10S2+. The number of H-pyrrole nitrogens is 1. The molecule has 3 amide bonds. The number of hydrogen-bond acceptors (Lipinski definition) is 13. The second-order valence-electron chi connectivity index (χ2n) is 13.7. The van der Waals surface area contributed by atoms with Gasteiger partial charge in [0.05, 0.1) is 20.6 Å². The average molecular weight is 735 g/mol. The third kappa shape index (κ3) is 8.88. The number of nitrogens with zero attached hydrogens (tertiary/aromatic N) is 4. The van der Waals surface area contributed by atoms with E-state index in [9.17, 15) is 39.0 Å². The van der Waals surface area contributed by atoms with Gasteiger partial charge in [0.25, 0.3) is 11.8 Å². The van der Waals surface area contributed by atoms with Crippen molar-refractivity contribution in [1.82, 2.24) is 20.2 Å². The number of esters is 1. The van der Waals surface area contributed by atoms with Crippen LogP contribution in [0.5, 0.6) is 5.75 Å². The van der Waals surface area contributed by atoms with Gasteiger partial charge in [0, 0.05) is 41.1 Å². The van der Waals surface area contributed by atoms with Crippen molar-refractivity contribution in [3.8, 4) is 5.75 Å². The van der Waals surface area contributed by atoms with Gasteiger partial charge in [0.1, 0.15) is 35.0 Å². The van der Waals surface area contributed by atoms with Gasteiger partial charge < -0.3 is 39.9 Å². The summed E-state index contributed by atoms with van der Waals surface area (Å²) in [6, 6.07) is 0.193. The second-order valence-corrected chi connectivity index (χ2v) is 15.7. The lowest BCUT2D eigenvalue weighted by molar-refractivity contribution is -0.885. The molecule has 0 unspecified atom stereocenters. The van der Waals surface area contributed by atoms with E-state index in [-0.39, 0.29) is 34.6 Å². The van der Waals surface area contributed by atoms with E-state index in [4.69, 9.17) is 9.57 Å². The number of ether oxygens (including phenoxy) is 1. The Kier molecular flexibility index (Phi) is 11.1. The van der Waals surface area contributed by atoms with E-state index >= 15 is 0 Å². The lowest BCUT2D eigenvalue weighted by atomic mass is 10.0. The van der Waals surface area contributed by atoms with Crippen LogP contribution < -0.4 is 16.1 Å². The molecule has 0 saturated carbocycles. The van der Waals surface area contributed by atoms with Crippen LogP contribution in [0.25, 0.3) is 0 Å². The summed E-state index contributed by atoms with van der Waals surface area (Å²) in [7, 11) is 3.79. The Morgan fingerprint density at radius 1 is 1.22 bits per heavy atom. The molecule has 17 nitrogen and oxygen atoms in total. The maximum absolute atomic E-state index is 13.6. The monoisotopic (exact) mass is 734 g/mol. The van der Waals surface area contributed by atoms with Gasteiger partial charge in [-0.25, -0.2) is 14.6 Å². The number of anilines is 1. The van der Waals surface area contributed by atoms with Crippen LogP contribution in [0.4, 0.5) is 5.13 Å². The van der Waals surface area contributed by atoms with Crippen LogP contribution in [-0.4, -0.2) is 121 Å². The number of nitrogens with one attached hydrogen (secondary N) is 3. The summed E-state index contributed by atoms with van der Waals surface area (Å²) in [5.41, 5.74) is -2.40. The maximum atomic E-state index is 13.6. The number of carbonyl (C=O) groups is 5. The fourth-order valence-electron chi connectivity index (χ4n) is 4.99. The Hall–Kier alpha value is -4.75. The number of thioether (sulfide) groups is 1. The molecule has 2 aliphatic heterocycles. The number of carbonyl (C=O) groups excluding carboxylic acids is 4. The molecule has 1 saturated heterocycles. The summed E-state index contributed by atoms with van der Waals surface area (Å²) in [5, 5.41) is 29.5. The van der Waals surface area contributed by atoms with Crippen LogP contribution >= 0.6 is 23.1 Å². The fraction of sp³-hybridized carbons (Fsp3) is 0.484. The molecule has 0 aliphatic carbocycles. The summed E-state index contributed by atoms with van der Waals surface area (Å²) in [4.78, 5) is 88.8. The van der Waals surface area contributed by atoms with Gasteiger partial charge in [-0.3, -0.25) is 24.1 Å². The van der Waals surface area contributed by atoms with Crippen LogP contribution in [0.1, 0.15) is 46.0 Å². The highest BCUT2D eigenvalue weighted by Crippen LogP contribution is 2.41. The molecule has 0 bridgehead atoms. The van der Waals surface area contributed by atoms with E-state index in [1.807, 2.05) is 14.1 Å². The zero-order valence-electron chi connectivity index (χ0n) is 28.6. The smallest absolute Gasteiger partial charge is 0.353 e. The number of aliphatic carboxylic acids is 1. The number of likely N-dealkylation sites (N-methyl/N-ethyl adjacent to an activating group) is 1. The molecular weight excluding hydrogens is 695 g/mol. The van der Waals surface area contributed by atoms with Crippen molar-refractivity contribution in [3.05, 3.63) is 50.5 Å². The lowest BCUT2D eigenvalue weighted by Crippen LogP contribution is -2.71. The normalized spacial score (nSPS) is 18.2. The standard InChI is InChI=1S/C31H39N7O10S2/c1-30(2,3)47-28(46)31(4,5)48-36-21(18-14-50-29(34-18)33-15-39)24(42)35-22-25(43)37-23(27(44)45)16(13-49-26(22)37)12-38(6,7)9-8-17-10-19(40)20(41)11-32-17/h10-11,14-15,22,26H,8-9,12-13H2,1-7H3,(H4-,32,33,34,35,36,39,40,41,42,44,45)/p+1/t22-,26-/m1/s1. The van der Waals surface area contributed by atoms with Gasteiger partial charge in [-0.2, -0.15) is 0 Å². The van der Waals surface area contributed by atoms with Crippen molar-refractivity contribution < 1.29 is 48.2 Å². The summed E-state index contributed by atoms with van der Waals surface area (Å²) in [6.45, 7) is 8.63.